The molecule has 1 aromatic rings. The number of nitriles is 1. The van der Waals surface area contributed by atoms with Gasteiger partial charge in [-0.05, 0) is 19.3 Å². The van der Waals surface area contributed by atoms with Crippen LogP contribution in [0.3, 0.4) is 0 Å². The van der Waals surface area contributed by atoms with Crippen LogP contribution in [-0.2, 0) is 13.5 Å². The molecule has 1 heterocycles. The topological polar surface area (TPSA) is 41.6 Å². The van der Waals surface area contributed by atoms with E-state index in [9.17, 15) is 5.26 Å². The van der Waals surface area contributed by atoms with Crippen molar-refractivity contribution >= 4 is 0 Å². The SMILES string of the molecule is Cn1ccnc1CCC1(C#N)CCCCC1. The third-order valence-electron chi connectivity index (χ3n) is 3.80. The molecule has 0 unspecified atom stereocenters. The largest absolute Gasteiger partial charge is 0.338 e. The van der Waals surface area contributed by atoms with Gasteiger partial charge in [0.05, 0.1) is 11.5 Å². The first-order valence-electron chi connectivity index (χ1n) is 6.13. The smallest absolute Gasteiger partial charge is 0.108 e. The van der Waals surface area contributed by atoms with Gasteiger partial charge in [0.1, 0.15) is 5.82 Å². The number of aromatic nitrogens is 2. The van der Waals surface area contributed by atoms with Crippen LogP contribution >= 0.6 is 0 Å². The lowest BCUT2D eigenvalue weighted by Gasteiger charge is -2.30. The fourth-order valence-corrected chi connectivity index (χ4v) is 2.63. The summed E-state index contributed by atoms with van der Waals surface area (Å²) in [4.78, 5) is 4.32. The third kappa shape index (κ3) is 2.27. The summed E-state index contributed by atoms with van der Waals surface area (Å²) in [5.41, 5.74) is -0.0653. The summed E-state index contributed by atoms with van der Waals surface area (Å²) >= 11 is 0. The van der Waals surface area contributed by atoms with Gasteiger partial charge in [0.25, 0.3) is 0 Å². The quantitative estimate of drug-likeness (QED) is 0.781. The second-order valence-electron chi connectivity index (χ2n) is 4.91. The molecule has 3 nitrogen and oxygen atoms in total. The molecule has 0 saturated heterocycles. The van der Waals surface area contributed by atoms with Gasteiger partial charge >= 0.3 is 0 Å². The summed E-state index contributed by atoms with van der Waals surface area (Å²) in [5.74, 6) is 1.10. The molecule has 3 heteroatoms. The molecule has 86 valence electrons. The Balaban J connectivity index is 1.98. The van der Waals surface area contributed by atoms with Crippen molar-refractivity contribution in [3.63, 3.8) is 0 Å². The molecule has 0 spiro atoms. The molecular weight excluding hydrogens is 198 g/mol. The van der Waals surface area contributed by atoms with Crippen LogP contribution in [-0.4, -0.2) is 9.55 Å². The summed E-state index contributed by atoms with van der Waals surface area (Å²) < 4.78 is 2.05. The first-order valence-corrected chi connectivity index (χ1v) is 6.13. The van der Waals surface area contributed by atoms with Crippen LogP contribution in [0.1, 0.15) is 44.3 Å². The second-order valence-corrected chi connectivity index (χ2v) is 4.91. The molecule has 0 aliphatic heterocycles. The minimum Gasteiger partial charge on any atom is -0.338 e. The van der Waals surface area contributed by atoms with Gasteiger partial charge in [-0.2, -0.15) is 5.26 Å². The van der Waals surface area contributed by atoms with Gasteiger partial charge in [-0.3, -0.25) is 0 Å². The van der Waals surface area contributed by atoms with Crippen molar-refractivity contribution < 1.29 is 0 Å². The Morgan fingerprint density at radius 1 is 1.44 bits per heavy atom. The Morgan fingerprint density at radius 2 is 2.19 bits per heavy atom. The summed E-state index contributed by atoms with van der Waals surface area (Å²) in [7, 11) is 2.02. The molecule has 0 atom stereocenters. The first-order chi connectivity index (χ1) is 7.76. The number of nitrogens with zero attached hydrogens (tertiary/aromatic N) is 3. The lowest BCUT2D eigenvalue weighted by atomic mass is 9.72. The van der Waals surface area contributed by atoms with Crippen molar-refractivity contribution in [1.29, 1.82) is 5.26 Å². The predicted molar refractivity (Wildman–Crippen MR) is 62.7 cm³/mol. The Hall–Kier alpha value is -1.30. The lowest BCUT2D eigenvalue weighted by molar-refractivity contribution is 0.247. The molecule has 0 aromatic carbocycles. The summed E-state index contributed by atoms with van der Waals surface area (Å²) in [5, 5.41) is 9.36. The fourth-order valence-electron chi connectivity index (χ4n) is 2.63. The Kier molecular flexibility index (Phi) is 3.28. The van der Waals surface area contributed by atoms with Crippen molar-refractivity contribution in [3.05, 3.63) is 18.2 Å². The van der Waals surface area contributed by atoms with E-state index in [2.05, 4.69) is 11.1 Å². The van der Waals surface area contributed by atoms with E-state index in [4.69, 9.17) is 0 Å². The standard InChI is InChI=1S/C13H19N3/c1-16-10-9-15-12(16)5-8-13(11-14)6-3-2-4-7-13/h9-10H,2-8H2,1H3. The van der Waals surface area contributed by atoms with Crippen LogP contribution in [0.5, 0.6) is 0 Å². The zero-order valence-electron chi connectivity index (χ0n) is 9.95. The highest BCUT2D eigenvalue weighted by molar-refractivity contribution is 5.03. The molecule has 1 aromatic heterocycles. The molecule has 0 radical (unpaired) electrons. The highest BCUT2D eigenvalue weighted by Crippen LogP contribution is 2.39. The van der Waals surface area contributed by atoms with Gasteiger partial charge in [-0.25, -0.2) is 4.98 Å². The molecule has 1 saturated carbocycles. The Labute approximate surface area is 97.1 Å². The average Bonchev–Trinajstić information content (AvgIpc) is 2.74. The molecule has 16 heavy (non-hydrogen) atoms. The van der Waals surface area contributed by atoms with Crippen LogP contribution in [0.15, 0.2) is 12.4 Å². The molecule has 2 rings (SSSR count). The van der Waals surface area contributed by atoms with Gasteiger partial charge in [0, 0.05) is 25.9 Å². The molecular formula is C13H19N3. The highest BCUT2D eigenvalue weighted by atomic mass is 15.0. The van der Waals surface area contributed by atoms with Gasteiger partial charge in [0.15, 0.2) is 0 Å². The number of imidazole rings is 1. The van der Waals surface area contributed by atoms with E-state index in [1.54, 1.807) is 0 Å². The van der Waals surface area contributed by atoms with E-state index in [0.717, 1.165) is 31.5 Å². The molecule has 1 aliphatic rings. The van der Waals surface area contributed by atoms with Crippen molar-refractivity contribution in [2.75, 3.05) is 0 Å². The summed E-state index contributed by atoms with van der Waals surface area (Å²) in [6.07, 6.45) is 11.6. The molecule has 0 bridgehead atoms. The van der Waals surface area contributed by atoms with Gasteiger partial charge in [-0.15, -0.1) is 0 Å². The van der Waals surface area contributed by atoms with Crippen molar-refractivity contribution in [1.82, 2.24) is 9.55 Å². The predicted octanol–water partition coefficient (Wildman–Crippen LogP) is 2.83. The minimum atomic E-state index is -0.0653. The lowest BCUT2D eigenvalue weighted by Crippen LogP contribution is -2.23. The van der Waals surface area contributed by atoms with Crippen LogP contribution in [0.4, 0.5) is 0 Å². The molecule has 1 fully saturated rings. The second kappa shape index (κ2) is 4.69. The number of rotatable bonds is 3. The monoisotopic (exact) mass is 217 g/mol. The van der Waals surface area contributed by atoms with Crippen LogP contribution < -0.4 is 0 Å². The van der Waals surface area contributed by atoms with E-state index in [1.165, 1.54) is 19.3 Å². The zero-order chi connectivity index (χ0) is 11.4. The van der Waals surface area contributed by atoms with E-state index >= 15 is 0 Å². The van der Waals surface area contributed by atoms with Crippen molar-refractivity contribution in [2.45, 2.75) is 44.9 Å². The molecule has 1 aliphatic carbocycles. The Bertz CT molecular complexity index is 380. The van der Waals surface area contributed by atoms with E-state index < -0.39 is 0 Å². The van der Waals surface area contributed by atoms with Crippen molar-refractivity contribution in [3.8, 4) is 6.07 Å². The minimum absolute atomic E-state index is 0.0653. The number of hydrogen-bond acceptors (Lipinski definition) is 2. The molecule has 0 N–H and O–H groups in total. The summed E-state index contributed by atoms with van der Waals surface area (Å²) in [6.45, 7) is 0. The number of aryl methyl sites for hydroxylation is 2. The average molecular weight is 217 g/mol. The summed E-state index contributed by atoms with van der Waals surface area (Å²) in [6, 6.07) is 2.56. The maximum atomic E-state index is 9.36. The number of hydrogen-bond donors (Lipinski definition) is 0. The maximum Gasteiger partial charge on any atom is 0.108 e. The highest BCUT2D eigenvalue weighted by Gasteiger charge is 2.31. The Morgan fingerprint density at radius 3 is 2.75 bits per heavy atom. The van der Waals surface area contributed by atoms with Crippen LogP contribution in [0, 0.1) is 16.7 Å². The van der Waals surface area contributed by atoms with E-state index in [1.807, 2.05) is 24.0 Å². The third-order valence-corrected chi connectivity index (χ3v) is 3.80. The van der Waals surface area contributed by atoms with E-state index in [-0.39, 0.29) is 5.41 Å². The maximum absolute atomic E-state index is 9.36. The first kappa shape index (κ1) is 11.2. The van der Waals surface area contributed by atoms with Crippen LogP contribution in [0.2, 0.25) is 0 Å². The fraction of sp³-hybridized carbons (Fsp3) is 0.692. The van der Waals surface area contributed by atoms with Crippen molar-refractivity contribution in [2.24, 2.45) is 12.5 Å². The van der Waals surface area contributed by atoms with Gasteiger partial charge in [0.2, 0.25) is 0 Å². The van der Waals surface area contributed by atoms with Gasteiger partial charge < -0.3 is 4.57 Å². The van der Waals surface area contributed by atoms with Gasteiger partial charge in [-0.1, -0.05) is 19.3 Å². The van der Waals surface area contributed by atoms with E-state index in [0.29, 0.717) is 0 Å². The molecule has 0 amide bonds. The van der Waals surface area contributed by atoms with Crippen LogP contribution in [0.25, 0.3) is 0 Å². The zero-order valence-corrected chi connectivity index (χ0v) is 9.95. The normalized spacial score (nSPS) is 19.2.